The SMILES string of the molecule is C=C/C=C\C=C(/CN)C(=NCC)N(C)C. The Bertz CT molecular complexity index is 273. The second-order valence-electron chi connectivity index (χ2n) is 3.21. The molecule has 0 aliphatic rings. The van der Waals surface area contributed by atoms with Crippen LogP contribution in [0.25, 0.3) is 0 Å². The van der Waals surface area contributed by atoms with Gasteiger partial charge in [-0.05, 0) is 6.92 Å². The Hall–Kier alpha value is -1.35. The summed E-state index contributed by atoms with van der Waals surface area (Å²) >= 11 is 0. The van der Waals surface area contributed by atoms with Crippen LogP contribution in [-0.4, -0.2) is 37.9 Å². The second-order valence-corrected chi connectivity index (χ2v) is 3.21. The average molecular weight is 207 g/mol. The molecule has 0 amide bonds. The van der Waals surface area contributed by atoms with Crippen molar-refractivity contribution in [3.63, 3.8) is 0 Å². The Morgan fingerprint density at radius 1 is 1.40 bits per heavy atom. The summed E-state index contributed by atoms with van der Waals surface area (Å²) in [6, 6.07) is 0. The van der Waals surface area contributed by atoms with E-state index in [0.29, 0.717) is 6.54 Å². The van der Waals surface area contributed by atoms with Gasteiger partial charge < -0.3 is 10.6 Å². The summed E-state index contributed by atoms with van der Waals surface area (Å²) < 4.78 is 0. The van der Waals surface area contributed by atoms with Crippen molar-refractivity contribution >= 4 is 5.84 Å². The Balaban J connectivity index is 4.89. The van der Waals surface area contributed by atoms with Gasteiger partial charge in [-0.25, -0.2) is 0 Å². The number of hydrogen-bond donors (Lipinski definition) is 1. The van der Waals surface area contributed by atoms with Gasteiger partial charge in [0.05, 0.1) is 0 Å². The van der Waals surface area contributed by atoms with Gasteiger partial charge in [-0.3, -0.25) is 4.99 Å². The molecule has 15 heavy (non-hydrogen) atoms. The quantitative estimate of drug-likeness (QED) is 0.422. The molecule has 0 aromatic heterocycles. The summed E-state index contributed by atoms with van der Waals surface area (Å²) in [5.74, 6) is 0.939. The molecule has 0 aliphatic carbocycles. The summed E-state index contributed by atoms with van der Waals surface area (Å²) in [5.41, 5.74) is 6.72. The maximum absolute atomic E-state index is 5.69. The maximum atomic E-state index is 5.69. The molecule has 0 heterocycles. The van der Waals surface area contributed by atoms with Gasteiger partial charge in [-0.15, -0.1) is 0 Å². The molecular formula is C12H21N3. The Morgan fingerprint density at radius 3 is 2.47 bits per heavy atom. The zero-order valence-corrected chi connectivity index (χ0v) is 9.90. The van der Waals surface area contributed by atoms with Crippen LogP contribution in [0.2, 0.25) is 0 Å². The van der Waals surface area contributed by atoms with Crippen LogP contribution in [0.4, 0.5) is 0 Å². The van der Waals surface area contributed by atoms with E-state index in [4.69, 9.17) is 5.73 Å². The van der Waals surface area contributed by atoms with Gasteiger partial charge in [0.15, 0.2) is 0 Å². The van der Waals surface area contributed by atoms with Crippen LogP contribution in [0, 0.1) is 0 Å². The normalized spacial score (nSPS) is 13.3. The van der Waals surface area contributed by atoms with E-state index in [1.165, 1.54) is 0 Å². The molecule has 0 radical (unpaired) electrons. The first-order valence-corrected chi connectivity index (χ1v) is 5.07. The highest BCUT2D eigenvalue weighted by Crippen LogP contribution is 2.00. The molecule has 0 aromatic rings. The van der Waals surface area contributed by atoms with Gasteiger partial charge >= 0.3 is 0 Å². The standard InChI is InChI=1S/C12H21N3/c1-5-7-8-9-11(10-13)12(14-6-2)15(3)4/h5,7-9H,1,6,10,13H2,2-4H3/b8-7-,11-9+,14-12?. The highest BCUT2D eigenvalue weighted by molar-refractivity contribution is 5.98. The molecule has 2 N–H and O–H groups in total. The number of allylic oxidation sites excluding steroid dienone is 4. The Labute approximate surface area is 92.7 Å². The molecular weight excluding hydrogens is 186 g/mol. The average Bonchev–Trinajstić information content (AvgIpc) is 2.22. The van der Waals surface area contributed by atoms with E-state index in [-0.39, 0.29) is 0 Å². The number of nitrogens with zero attached hydrogens (tertiary/aromatic N) is 2. The van der Waals surface area contributed by atoms with Crippen LogP contribution in [-0.2, 0) is 0 Å². The smallest absolute Gasteiger partial charge is 0.127 e. The fourth-order valence-electron chi connectivity index (χ4n) is 1.16. The minimum absolute atomic E-state index is 0.485. The molecule has 84 valence electrons. The highest BCUT2D eigenvalue weighted by atomic mass is 15.1. The third kappa shape index (κ3) is 5.18. The van der Waals surface area contributed by atoms with Crippen LogP contribution >= 0.6 is 0 Å². The van der Waals surface area contributed by atoms with E-state index >= 15 is 0 Å². The van der Waals surface area contributed by atoms with Crippen molar-refractivity contribution in [3.05, 3.63) is 36.5 Å². The van der Waals surface area contributed by atoms with E-state index in [0.717, 1.165) is 18.0 Å². The third-order valence-electron chi connectivity index (χ3n) is 1.78. The highest BCUT2D eigenvalue weighted by Gasteiger charge is 2.05. The maximum Gasteiger partial charge on any atom is 0.127 e. The summed E-state index contributed by atoms with van der Waals surface area (Å²) in [6.45, 7) is 6.87. The van der Waals surface area contributed by atoms with E-state index in [1.54, 1.807) is 6.08 Å². The molecule has 0 aromatic carbocycles. The third-order valence-corrected chi connectivity index (χ3v) is 1.78. The Morgan fingerprint density at radius 2 is 2.07 bits per heavy atom. The van der Waals surface area contributed by atoms with Crippen molar-refractivity contribution in [3.8, 4) is 0 Å². The van der Waals surface area contributed by atoms with E-state index < -0.39 is 0 Å². The van der Waals surface area contributed by atoms with E-state index in [9.17, 15) is 0 Å². The van der Waals surface area contributed by atoms with Gasteiger partial charge in [0.25, 0.3) is 0 Å². The van der Waals surface area contributed by atoms with E-state index in [2.05, 4.69) is 11.6 Å². The predicted molar refractivity (Wildman–Crippen MR) is 68.1 cm³/mol. The summed E-state index contributed by atoms with van der Waals surface area (Å²) in [7, 11) is 3.93. The molecule has 0 atom stereocenters. The number of rotatable bonds is 5. The molecule has 3 nitrogen and oxygen atoms in total. The lowest BCUT2D eigenvalue weighted by molar-refractivity contribution is 0.617. The van der Waals surface area contributed by atoms with Crippen molar-refractivity contribution in [1.29, 1.82) is 0 Å². The topological polar surface area (TPSA) is 41.6 Å². The lowest BCUT2D eigenvalue weighted by atomic mass is 10.2. The zero-order valence-electron chi connectivity index (χ0n) is 9.90. The molecule has 0 saturated carbocycles. The molecule has 0 fully saturated rings. The number of amidine groups is 1. The summed E-state index contributed by atoms with van der Waals surface area (Å²) in [6.07, 6.45) is 7.49. The first kappa shape index (κ1) is 13.7. The zero-order chi connectivity index (χ0) is 11.7. The Kier molecular flexibility index (Phi) is 7.28. The molecule has 0 rings (SSSR count). The van der Waals surface area contributed by atoms with Crippen LogP contribution in [0.5, 0.6) is 0 Å². The minimum atomic E-state index is 0.485. The van der Waals surface area contributed by atoms with Crippen LogP contribution < -0.4 is 5.73 Å². The number of aliphatic imine (C=N–C) groups is 1. The predicted octanol–water partition coefficient (Wildman–Crippen LogP) is 1.59. The molecule has 0 bridgehead atoms. The minimum Gasteiger partial charge on any atom is -0.363 e. The summed E-state index contributed by atoms with van der Waals surface area (Å²) in [5, 5.41) is 0. The van der Waals surface area contributed by atoms with Gasteiger partial charge in [0.1, 0.15) is 5.84 Å². The molecule has 0 unspecified atom stereocenters. The number of hydrogen-bond acceptors (Lipinski definition) is 2. The van der Waals surface area contributed by atoms with Crippen LogP contribution in [0.1, 0.15) is 6.92 Å². The second kappa shape index (κ2) is 8.00. The first-order chi connectivity index (χ1) is 7.17. The number of likely N-dealkylation sites (N-methyl/N-ethyl adjacent to an activating group) is 1. The van der Waals surface area contributed by atoms with Gasteiger partial charge in [-0.1, -0.05) is 30.9 Å². The molecule has 0 aliphatic heterocycles. The van der Waals surface area contributed by atoms with Crippen molar-refractivity contribution < 1.29 is 0 Å². The van der Waals surface area contributed by atoms with Crippen molar-refractivity contribution in [2.24, 2.45) is 10.7 Å². The van der Waals surface area contributed by atoms with Crippen molar-refractivity contribution in [2.75, 3.05) is 27.2 Å². The van der Waals surface area contributed by atoms with E-state index in [1.807, 2.05) is 44.1 Å². The summed E-state index contributed by atoms with van der Waals surface area (Å²) in [4.78, 5) is 6.38. The van der Waals surface area contributed by atoms with Crippen LogP contribution in [0.15, 0.2) is 41.4 Å². The van der Waals surface area contributed by atoms with Crippen molar-refractivity contribution in [1.82, 2.24) is 4.90 Å². The molecule has 0 spiro atoms. The fraction of sp³-hybridized carbons (Fsp3) is 0.417. The van der Waals surface area contributed by atoms with Gasteiger partial charge in [0.2, 0.25) is 0 Å². The van der Waals surface area contributed by atoms with Crippen LogP contribution in [0.3, 0.4) is 0 Å². The largest absolute Gasteiger partial charge is 0.363 e. The molecule has 3 heteroatoms. The number of nitrogens with two attached hydrogens (primary N) is 1. The molecule has 0 saturated heterocycles. The fourth-order valence-corrected chi connectivity index (χ4v) is 1.16. The lowest BCUT2D eigenvalue weighted by Gasteiger charge is -2.17. The van der Waals surface area contributed by atoms with Crippen molar-refractivity contribution in [2.45, 2.75) is 6.92 Å². The van der Waals surface area contributed by atoms with Gasteiger partial charge in [-0.2, -0.15) is 0 Å². The monoisotopic (exact) mass is 207 g/mol. The first-order valence-electron chi connectivity index (χ1n) is 5.07. The lowest BCUT2D eigenvalue weighted by Crippen LogP contribution is -2.27. The van der Waals surface area contributed by atoms with Gasteiger partial charge in [0, 0.05) is 32.8 Å².